The number of hydrogen-bond donors (Lipinski definition) is 4. The number of rotatable bonds is 8. The van der Waals surface area contributed by atoms with Gasteiger partial charge in [0.15, 0.2) is 0 Å². The number of imidazole rings is 1. The third-order valence-electron chi connectivity index (χ3n) is 2.50. The highest BCUT2D eigenvalue weighted by Crippen LogP contribution is 2.07. The molecule has 1 rings (SSSR count). The lowest BCUT2D eigenvalue weighted by Crippen LogP contribution is -2.42. The maximum atomic E-state index is 11.1. The summed E-state index contributed by atoms with van der Waals surface area (Å²) in [6, 6.07) is -0.630. The molecule has 0 radical (unpaired) electrons. The molecular formula is C11H19N3O2S. The fraction of sp³-hybridized carbons (Fsp3) is 0.636. The average molecular weight is 257 g/mol. The minimum absolute atomic E-state index is 0.0843. The summed E-state index contributed by atoms with van der Waals surface area (Å²) >= 11 is 4.35. The molecule has 3 N–H and O–H groups in total. The van der Waals surface area contributed by atoms with Crippen molar-refractivity contribution in [1.29, 1.82) is 0 Å². The predicted molar refractivity (Wildman–Crippen MR) is 69.2 cm³/mol. The number of aliphatic carboxylic acids is 1. The molecule has 0 aliphatic rings. The summed E-state index contributed by atoms with van der Waals surface area (Å²) in [5.41, 5.74) is 0.806. The van der Waals surface area contributed by atoms with Gasteiger partial charge in [0, 0.05) is 18.3 Å². The number of nitrogens with zero attached hydrogens (tertiary/aromatic N) is 1. The number of unbranched alkanes of at least 4 members (excludes halogenated alkanes) is 1. The van der Waals surface area contributed by atoms with Crippen LogP contribution in [0.3, 0.4) is 0 Å². The van der Waals surface area contributed by atoms with E-state index in [2.05, 4.69) is 34.8 Å². The second-order valence-corrected chi connectivity index (χ2v) is 4.62. The molecule has 0 spiro atoms. The van der Waals surface area contributed by atoms with E-state index in [1.807, 2.05) is 0 Å². The molecule has 2 atom stereocenters. The first kappa shape index (κ1) is 14.1. The van der Waals surface area contributed by atoms with Gasteiger partial charge in [0.05, 0.1) is 11.7 Å². The third-order valence-corrected chi connectivity index (χ3v) is 2.91. The van der Waals surface area contributed by atoms with Gasteiger partial charge in [-0.05, 0) is 6.42 Å². The monoisotopic (exact) mass is 257 g/mol. The highest BCUT2D eigenvalue weighted by Gasteiger charge is 2.20. The first-order valence-electron chi connectivity index (χ1n) is 5.77. The summed E-state index contributed by atoms with van der Waals surface area (Å²) in [4.78, 5) is 17.9. The summed E-state index contributed by atoms with van der Waals surface area (Å²) in [6.07, 6.45) is 6.56. The van der Waals surface area contributed by atoms with Crippen molar-refractivity contribution in [2.24, 2.45) is 0 Å². The Kier molecular flexibility index (Phi) is 6.07. The summed E-state index contributed by atoms with van der Waals surface area (Å²) in [7, 11) is 0. The Morgan fingerprint density at radius 3 is 3.00 bits per heavy atom. The van der Waals surface area contributed by atoms with Gasteiger partial charge >= 0.3 is 5.97 Å². The quantitative estimate of drug-likeness (QED) is 0.420. The Morgan fingerprint density at radius 2 is 2.47 bits per heavy atom. The van der Waals surface area contributed by atoms with Crippen molar-refractivity contribution >= 4 is 18.6 Å². The number of hydrogen-bond acceptors (Lipinski definition) is 4. The number of carbonyl (C=O) groups is 1. The zero-order chi connectivity index (χ0) is 12.7. The molecule has 1 heterocycles. The lowest BCUT2D eigenvalue weighted by atomic mass is 10.1. The third kappa shape index (κ3) is 5.23. The molecule has 0 fully saturated rings. The van der Waals surface area contributed by atoms with Crippen LogP contribution in [-0.4, -0.2) is 32.5 Å². The van der Waals surface area contributed by atoms with Gasteiger partial charge in [-0.25, -0.2) is 4.98 Å². The summed E-state index contributed by atoms with van der Waals surface area (Å²) in [5, 5.41) is 12.0. The highest BCUT2D eigenvalue weighted by molar-refractivity contribution is 7.80. The Morgan fingerprint density at radius 1 is 1.71 bits per heavy atom. The van der Waals surface area contributed by atoms with Crippen LogP contribution in [0.5, 0.6) is 0 Å². The molecule has 17 heavy (non-hydrogen) atoms. The molecule has 5 nitrogen and oxygen atoms in total. The van der Waals surface area contributed by atoms with Crippen molar-refractivity contribution in [1.82, 2.24) is 15.3 Å². The minimum Gasteiger partial charge on any atom is -0.480 e. The maximum Gasteiger partial charge on any atom is 0.321 e. The van der Waals surface area contributed by atoms with Gasteiger partial charge in [0.2, 0.25) is 0 Å². The predicted octanol–water partition coefficient (Wildman–Crippen LogP) is 1.44. The Bertz CT molecular complexity index is 329. The number of H-pyrrole nitrogens is 1. The number of thiol groups is 1. The van der Waals surface area contributed by atoms with Crippen molar-refractivity contribution in [3.8, 4) is 0 Å². The average Bonchev–Trinajstić information content (AvgIpc) is 2.78. The molecule has 0 aliphatic heterocycles. The van der Waals surface area contributed by atoms with Crippen LogP contribution in [0.25, 0.3) is 0 Å². The van der Waals surface area contributed by atoms with Crippen molar-refractivity contribution in [2.45, 2.75) is 44.0 Å². The molecule has 0 saturated heterocycles. The first-order valence-corrected chi connectivity index (χ1v) is 6.29. The normalized spacial score (nSPS) is 14.5. The van der Waals surface area contributed by atoms with E-state index in [-0.39, 0.29) is 5.37 Å². The standard InChI is InChI=1S/C11H19N3O2S/c1-2-3-4-10(17)14-9(11(15)16)5-8-6-12-7-13-8/h6-7,9-10,14,17H,2-5H2,1H3,(H,12,13)(H,15,16). The van der Waals surface area contributed by atoms with E-state index in [4.69, 9.17) is 5.11 Å². The van der Waals surface area contributed by atoms with Crippen molar-refractivity contribution in [3.05, 3.63) is 18.2 Å². The fourth-order valence-corrected chi connectivity index (χ4v) is 1.91. The van der Waals surface area contributed by atoms with E-state index in [1.54, 1.807) is 12.5 Å². The number of aromatic nitrogens is 2. The number of carboxylic acids is 1. The Balaban J connectivity index is 2.46. The van der Waals surface area contributed by atoms with Crippen LogP contribution in [0.4, 0.5) is 0 Å². The molecule has 0 amide bonds. The van der Waals surface area contributed by atoms with Gasteiger partial charge in [-0.1, -0.05) is 19.8 Å². The number of carboxylic acid groups (broad SMARTS) is 1. The smallest absolute Gasteiger partial charge is 0.321 e. The van der Waals surface area contributed by atoms with Crippen molar-refractivity contribution in [2.75, 3.05) is 0 Å². The molecule has 0 bridgehead atoms. The van der Waals surface area contributed by atoms with Crippen LogP contribution in [-0.2, 0) is 11.2 Å². The molecule has 1 aromatic heterocycles. The summed E-state index contributed by atoms with van der Waals surface area (Å²) < 4.78 is 0. The van der Waals surface area contributed by atoms with Gasteiger partial charge in [0.1, 0.15) is 6.04 Å². The van der Waals surface area contributed by atoms with E-state index in [0.717, 1.165) is 25.0 Å². The van der Waals surface area contributed by atoms with Gasteiger partial charge in [-0.3, -0.25) is 10.1 Å². The molecule has 0 aromatic carbocycles. The lowest BCUT2D eigenvalue weighted by molar-refractivity contribution is -0.139. The summed E-state index contributed by atoms with van der Waals surface area (Å²) in [6.45, 7) is 2.10. The summed E-state index contributed by atoms with van der Waals surface area (Å²) in [5.74, 6) is -0.866. The Hall–Kier alpha value is -1.01. The maximum absolute atomic E-state index is 11.1. The van der Waals surface area contributed by atoms with Gasteiger partial charge < -0.3 is 10.1 Å². The van der Waals surface area contributed by atoms with Crippen LogP contribution in [0, 0.1) is 0 Å². The molecular weight excluding hydrogens is 238 g/mol. The lowest BCUT2D eigenvalue weighted by Gasteiger charge is -2.18. The molecule has 96 valence electrons. The SMILES string of the molecule is CCCCC(S)NC(Cc1cnc[nH]1)C(=O)O. The van der Waals surface area contributed by atoms with Crippen LogP contribution in [0.1, 0.15) is 31.9 Å². The van der Waals surface area contributed by atoms with E-state index in [9.17, 15) is 4.79 Å². The van der Waals surface area contributed by atoms with Crippen LogP contribution >= 0.6 is 12.6 Å². The van der Waals surface area contributed by atoms with Crippen LogP contribution in [0.2, 0.25) is 0 Å². The van der Waals surface area contributed by atoms with E-state index in [0.29, 0.717) is 6.42 Å². The zero-order valence-electron chi connectivity index (χ0n) is 9.89. The van der Waals surface area contributed by atoms with E-state index >= 15 is 0 Å². The molecule has 0 saturated carbocycles. The second kappa shape index (κ2) is 7.34. The van der Waals surface area contributed by atoms with E-state index < -0.39 is 12.0 Å². The second-order valence-electron chi connectivity index (χ2n) is 4.00. The van der Waals surface area contributed by atoms with E-state index in [1.165, 1.54) is 0 Å². The number of nitrogens with one attached hydrogen (secondary N) is 2. The molecule has 1 aromatic rings. The topological polar surface area (TPSA) is 78.0 Å². The molecule has 6 heteroatoms. The minimum atomic E-state index is -0.866. The van der Waals surface area contributed by atoms with Gasteiger partial charge in [-0.15, -0.1) is 0 Å². The van der Waals surface area contributed by atoms with Crippen molar-refractivity contribution < 1.29 is 9.90 Å². The van der Waals surface area contributed by atoms with Gasteiger partial charge in [-0.2, -0.15) is 12.6 Å². The number of aromatic amines is 1. The van der Waals surface area contributed by atoms with Gasteiger partial charge in [0.25, 0.3) is 0 Å². The Labute approximate surface area is 106 Å². The largest absolute Gasteiger partial charge is 0.480 e. The first-order chi connectivity index (χ1) is 8.13. The molecule has 2 unspecified atom stereocenters. The van der Waals surface area contributed by atoms with Crippen LogP contribution in [0.15, 0.2) is 12.5 Å². The fourth-order valence-electron chi connectivity index (χ4n) is 1.55. The molecule has 0 aliphatic carbocycles. The van der Waals surface area contributed by atoms with Crippen LogP contribution < -0.4 is 5.32 Å². The van der Waals surface area contributed by atoms with Crippen molar-refractivity contribution in [3.63, 3.8) is 0 Å². The highest BCUT2D eigenvalue weighted by atomic mass is 32.1. The zero-order valence-corrected chi connectivity index (χ0v) is 10.8.